The minimum atomic E-state index is -3.69. The SMILES string of the molecule is COc1ccc(NS(=O)(=O)c2cc(N)ccc2C)cc1Br. The number of ether oxygens (including phenoxy) is 1. The van der Waals surface area contributed by atoms with Crippen LogP contribution in [0.2, 0.25) is 0 Å². The Morgan fingerprint density at radius 3 is 2.52 bits per heavy atom. The van der Waals surface area contributed by atoms with Gasteiger partial charge in [0.15, 0.2) is 0 Å². The molecule has 0 radical (unpaired) electrons. The zero-order chi connectivity index (χ0) is 15.6. The number of hydrogen-bond acceptors (Lipinski definition) is 4. The summed E-state index contributed by atoms with van der Waals surface area (Å²) in [5.41, 5.74) is 7.13. The first-order valence-electron chi connectivity index (χ1n) is 6.06. The molecule has 2 aromatic rings. The van der Waals surface area contributed by atoms with Crippen LogP contribution in [0.4, 0.5) is 11.4 Å². The van der Waals surface area contributed by atoms with Crippen molar-refractivity contribution in [1.29, 1.82) is 0 Å². The first-order valence-corrected chi connectivity index (χ1v) is 8.33. The summed E-state index contributed by atoms with van der Waals surface area (Å²) in [6.07, 6.45) is 0. The number of nitrogens with two attached hydrogens (primary N) is 1. The minimum Gasteiger partial charge on any atom is -0.496 e. The Morgan fingerprint density at radius 2 is 1.90 bits per heavy atom. The third-order valence-corrected chi connectivity index (χ3v) is 5.05. The average Bonchev–Trinajstić information content (AvgIpc) is 2.41. The number of halogens is 1. The summed E-state index contributed by atoms with van der Waals surface area (Å²) in [6.45, 7) is 1.72. The molecule has 0 unspecified atom stereocenters. The molecule has 0 spiro atoms. The van der Waals surface area contributed by atoms with Crippen molar-refractivity contribution < 1.29 is 13.2 Å². The van der Waals surface area contributed by atoms with Crippen LogP contribution in [0.1, 0.15) is 5.56 Å². The molecule has 0 heterocycles. The molecule has 0 amide bonds. The lowest BCUT2D eigenvalue weighted by Crippen LogP contribution is -2.14. The van der Waals surface area contributed by atoms with E-state index in [9.17, 15) is 8.42 Å². The fourth-order valence-electron chi connectivity index (χ4n) is 1.85. The molecule has 21 heavy (non-hydrogen) atoms. The van der Waals surface area contributed by atoms with E-state index in [0.717, 1.165) is 0 Å². The zero-order valence-corrected chi connectivity index (χ0v) is 14.0. The van der Waals surface area contributed by atoms with Crippen LogP contribution in [0.5, 0.6) is 5.75 Å². The highest BCUT2D eigenvalue weighted by molar-refractivity contribution is 9.10. The van der Waals surface area contributed by atoms with Gasteiger partial charge in [-0.25, -0.2) is 8.42 Å². The van der Waals surface area contributed by atoms with Gasteiger partial charge in [0.05, 0.1) is 22.2 Å². The third-order valence-electron chi connectivity index (χ3n) is 2.91. The van der Waals surface area contributed by atoms with Gasteiger partial charge in [-0.2, -0.15) is 0 Å². The van der Waals surface area contributed by atoms with Crippen LogP contribution in [-0.2, 0) is 10.0 Å². The van der Waals surface area contributed by atoms with Crippen molar-refractivity contribution in [3.8, 4) is 5.75 Å². The molecule has 0 saturated heterocycles. The van der Waals surface area contributed by atoms with Crippen LogP contribution in [0, 0.1) is 6.92 Å². The Bertz CT molecular complexity index is 776. The van der Waals surface area contributed by atoms with Gasteiger partial charge in [0.2, 0.25) is 0 Å². The molecule has 3 N–H and O–H groups in total. The fourth-order valence-corrected chi connectivity index (χ4v) is 3.72. The van der Waals surface area contributed by atoms with Gasteiger partial charge in [-0.15, -0.1) is 0 Å². The predicted octanol–water partition coefficient (Wildman–Crippen LogP) is 3.15. The van der Waals surface area contributed by atoms with Gasteiger partial charge in [-0.3, -0.25) is 4.72 Å². The molecule has 5 nitrogen and oxygen atoms in total. The molecule has 2 rings (SSSR count). The van der Waals surface area contributed by atoms with Crippen molar-refractivity contribution in [2.75, 3.05) is 17.6 Å². The lowest BCUT2D eigenvalue weighted by Gasteiger charge is -2.12. The molecule has 0 aliphatic heterocycles. The molecular weight excluding hydrogens is 356 g/mol. The Morgan fingerprint density at radius 1 is 1.19 bits per heavy atom. The molecule has 0 aromatic heterocycles. The second kappa shape index (κ2) is 5.95. The second-order valence-corrected chi connectivity index (χ2v) is 6.98. The molecule has 2 aromatic carbocycles. The number of anilines is 2. The Labute approximate surface area is 132 Å². The average molecular weight is 371 g/mol. The lowest BCUT2D eigenvalue weighted by molar-refractivity contribution is 0.412. The van der Waals surface area contributed by atoms with E-state index in [-0.39, 0.29) is 4.90 Å². The summed E-state index contributed by atoms with van der Waals surface area (Å²) >= 11 is 3.32. The van der Waals surface area contributed by atoms with Crippen LogP contribution >= 0.6 is 15.9 Å². The van der Waals surface area contributed by atoms with Crippen molar-refractivity contribution in [3.63, 3.8) is 0 Å². The van der Waals surface area contributed by atoms with E-state index in [2.05, 4.69) is 20.7 Å². The fraction of sp³-hybridized carbons (Fsp3) is 0.143. The largest absolute Gasteiger partial charge is 0.496 e. The molecular formula is C14H15BrN2O3S. The van der Waals surface area contributed by atoms with Crippen molar-refractivity contribution in [2.45, 2.75) is 11.8 Å². The maximum Gasteiger partial charge on any atom is 0.262 e. The highest BCUT2D eigenvalue weighted by Gasteiger charge is 2.17. The van der Waals surface area contributed by atoms with Crippen molar-refractivity contribution in [3.05, 3.63) is 46.4 Å². The smallest absolute Gasteiger partial charge is 0.262 e. The van der Waals surface area contributed by atoms with Gasteiger partial charge >= 0.3 is 0 Å². The van der Waals surface area contributed by atoms with Gasteiger partial charge in [0.25, 0.3) is 10.0 Å². The van der Waals surface area contributed by atoms with Crippen LogP contribution in [0.25, 0.3) is 0 Å². The number of hydrogen-bond donors (Lipinski definition) is 2. The van der Waals surface area contributed by atoms with Crippen molar-refractivity contribution in [1.82, 2.24) is 0 Å². The normalized spacial score (nSPS) is 11.2. The van der Waals surface area contributed by atoms with E-state index in [1.54, 1.807) is 44.4 Å². The zero-order valence-electron chi connectivity index (χ0n) is 11.6. The number of benzene rings is 2. The Hall–Kier alpha value is -1.73. The van der Waals surface area contributed by atoms with E-state index in [0.29, 0.717) is 27.2 Å². The van der Waals surface area contributed by atoms with Gasteiger partial charge in [0, 0.05) is 5.69 Å². The molecule has 0 aliphatic carbocycles. The van der Waals surface area contributed by atoms with Crippen molar-refractivity contribution in [2.24, 2.45) is 0 Å². The van der Waals surface area contributed by atoms with Crippen LogP contribution < -0.4 is 15.2 Å². The summed E-state index contributed by atoms with van der Waals surface area (Å²) < 4.78 is 33.2. The molecule has 0 atom stereocenters. The van der Waals surface area contributed by atoms with Crippen LogP contribution in [0.3, 0.4) is 0 Å². The van der Waals surface area contributed by atoms with Crippen LogP contribution in [-0.4, -0.2) is 15.5 Å². The quantitative estimate of drug-likeness (QED) is 0.809. The highest BCUT2D eigenvalue weighted by Crippen LogP contribution is 2.29. The van der Waals surface area contributed by atoms with Gasteiger partial charge < -0.3 is 10.5 Å². The number of rotatable bonds is 4. The number of nitrogen functional groups attached to an aromatic ring is 1. The van der Waals surface area contributed by atoms with E-state index in [1.807, 2.05) is 0 Å². The van der Waals surface area contributed by atoms with E-state index >= 15 is 0 Å². The molecule has 0 fully saturated rings. The summed E-state index contributed by atoms with van der Waals surface area (Å²) in [5.74, 6) is 0.623. The second-order valence-electron chi connectivity index (χ2n) is 4.48. The molecule has 0 saturated carbocycles. The Balaban J connectivity index is 2.37. The maximum absolute atomic E-state index is 12.4. The first kappa shape index (κ1) is 15.7. The van der Waals surface area contributed by atoms with E-state index in [4.69, 9.17) is 10.5 Å². The summed E-state index contributed by atoms with van der Waals surface area (Å²) in [4.78, 5) is 0.162. The predicted molar refractivity (Wildman–Crippen MR) is 87.1 cm³/mol. The van der Waals surface area contributed by atoms with Gasteiger partial charge in [-0.05, 0) is 58.7 Å². The summed E-state index contributed by atoms with van der Waals surface area (Å²) in [5, 5.41) is 0. The lowest BCUT2D eigenvalue weighted by atomic mass is 10.2. The third kappa shape index (κ3) is 3.48. The standard InChI is InChI=1S/C14H15BrN2O3S/c1-9-3-4-10(16)7-14(9)21(18,19)17-11-5-6-13(20-2)12(15)8-11/h3-8,17H,16H2,1-2H3. The first-order chi connectivity index (χ1) is 9.83. The number of aryl methyl sites for hydroxylation is 1. The van der Waals surface area contributed by atoms with E-state index in [1.165, 1.54) is 6.07 Å². The topological polar surface area (TPSA) is 81.4 Å². The monoisotopic (exact) mass is 370 g/mol. The number of methoxy groups -OCH3 is 1. The minimum absolute atomic E-state index is 0.162. The van der Waals surface area contributed by atoms with E-state index < -0.39 is 10.0 Å². The molecule has 0 aliphatic rings. The van der Waals surface area contributed by atoms with Crippen LogP contribution in [0.15, 0.2) is 45.8 Å². The van der Waals surface area contributed by atoms with Crippen molar-refractivity contribution >= 4 is 37.3 Å². The number of nitrogens with one attached hydrogen (secondary N) is 1. The maximum atomic E-state index is 12.4. The number of sulfonamides is 1. The molecule has 7 heteroatoms. The van der Waals surface area contributed by atoms with Gasteiger partial charge in [-0.1, -0.05) is 6.07 Å². The molecule has 112 valence electrons. The Kier molecular flexibility index (Phi) is 4.43. The molecule has 0 bridgehead atoms. The summed E-state index contributed by atoms with van der Waals surface area (Å²) in [7, 11) is -2.15. The highest BCUT2D eigenvalue weighted by atomic mass is 79.9. The van der Waals surface area contributed by atoms with Gasteiger partial charge in [0.1, 0.15) is 5.75 Å². The summed E-state index contributed by atoms with van der Waals surface area (Å²) in [6, 6.07) is 9.72.